The van der Waals surface area contributed by atoms with E-state index in [9.17, 15) is 12.3 Å². The highest BCUT2D eigenvalue weighted by Gasteiger charge is 2.24. The first kappa shape index (κ1) is 14.5. The van der Waals surface area contributed by atoms with E-state index in [1.165, 1.54) is 0 Å². The molecule has 0 saturated carbocycles. The van der Waals surface area contributed by atoms with Gasteiger partial charge in [0.15, 0.2) is 0 Å². The van der Waals surface area contributed by atoms with E-state index in [1.54, 1.807) is 13.8 Å². The second-order valence-corrected chi connectivity index (χ2v) is 6.18. The van der Waals surface area contributed by atoms with E-state index in [0.717, 1.165) is 14.7 Å². The lowest BCUT2D eigenvalue weighted by atomic mass is 9.97. The molecule has 1 rings (SSSR count). The van der Waals surface area contributed by atoms with Crippen molar-refractivity contribution in [2.45, 2.75) is 32.1 Å². The van der Waals surface area contributed by atoms with Crippen molar-refractivity contribution < 1.29 is 12.3 Å². The van der Waals surface area contributed by atoms with E-state index in [1.807, 2.05) is 29.5 Å². The zero-order valence-corrected chi connectivity index (χ0v) is 12.7. The Labute approximate surface area is 115 Å². The number of hydrogen-bond donors (Lipinski definition) is 0. The van der Waals surface area contributed by atoms with Crippen molar-refractivity contribution in [1.29, 1.82) is 0 Å². The lowest BCUT2D eigenvalue weighted by Gasteiger charge is -2.16. The number of benzene rings is 1. The molecule has 0 aromatic heterocycles. The average molecular weight is 366 g/mol. The van der Waals surface area contributed by atoms with Crippen LogP contribution in [0.1, 0.15) is 22.3 Å². The van der Waals surface area contributed by atoms with Crippen LogP contribution < -0.4 is 0 Å². The highest BCUT2D eigenvalue weighted by molar-refractivity contribution is 14.1. The van der Waals surface area contributed by atoms with Crippen LogP contribution in [0.5, 0.6) is 0 Å². The minimum absolute atomic E-state index is 0.238. The molecule has 2 nitrogen and oxygen atoms in total. The van der Waals surface area contributed by atoms with Gasteiger partial charge in [-0.05, 0) is 65.6 Å². The fraction of sp³-hybridized carbons (Fsp3) is 0.333. The molecular weight excluding hydrogens is 354 g/mol. The molecule has 0 aliphatic rings. The fourth-order valence-electron chi connectivity index (χ4n) is 1.95. The van der Waals surface area contributed by atoms with Crippen molar-refractivity contribution in [2.75, 3.05) is 0 Å². The van der Waals surface area contributed by atoms with Crippen molar-refractivity contribution in [1.82, 2.24) is 0 Å². The van der Waals surface area contributed by atoms with Gasteiger partial charge in [0.2, 0.25) is 0 Å². The smallest absolute Gasteiger partial charge is 0.189 e. The molecule has 0 amide bonds. The highest BCUT2D eigenvalue weighted by Crippen LogP contribution is 2.32. The Hall–Kier alpha value is -0.610. The molecule has 0 heterocycles. The van der Waals surface area contributed by atoms with Gasteiger partial charge >= 0.3 is 10.2 Å². The van der Waals surface area contributed by atoms with E-state index in [-0.39, 0.29) is 4.90 Å². The van der Waals surface area contributed by atoms with Crippen LogP contribution in [-0.4, -0.2) is 8.42 Å². The third-order valence-corrected chi connectivity index (χ3v) is 5.49. The van der Waals surface area contributed by atoms with Crippen LogP contribution in [0.15, 0.2) is 4.90 Å². The van der Waals surface area contributed by atoms with Gasteiger partial charge in [-0.2, -0.15) is 8.42 Å². The van der Waals surface area contributed by atoms with Crippen molar-refractivity contribution in [3.05, 3.63) is 25.8 Å². The summed E-state index contributed by atoms with van der Waals surface area (Å²) in [6, 6.07) is 0. The lowest BCUT2D eigenvalue weighted by Crippen LogP contribution is -2.07. The standard InChI is InChI=1S/C12H12FIO2S/c1-5-6-10-7(2)11(14)9(4)12(8(10)3)17(13,15)16/h1H,6H2,2-4H3. The van der Waals surface area contributed by atoms with Gasteiger partial charge < -0.3 is 0 Å². The van der Waals surface area contributed by atoms with E-state index >= 15 is 0 Å². The van der Waals surface area contributed by atoms with Gasteiger partial charge in [-0.15, -0.1) is 16.2 Å². The third kappa shape index (κ3) is 2.63. The fourth-order valence-corrected chi connectivity index (χ4v) is 3.68. The summed E-state index contributed by atoms with van der Waals surface area (Å²) in [7, 11) is -4.72. The molecule has 0 fully saturated rings. The quantitative estimate of drug-likeness (QED) is 0.458. The number of terminal acetylenes is 1. The topological polar surface area (TPSA) is 34.1 Å². The van der Waals surface area contributed by atoms with Crippen LogP contribution in [0.25, 0.3) is 0 Å². The maximum absolute atomic E-state index is 13.3. The van der Waals surface area contributed by atoms with Gasteiger partial charge in [-0.3, -0.25) is 0 Å². The van der Waals surface area contributed by atoms with Gasteiger partial charge in [0.25, 0.3) is 0 Å². The summed E-state index contributed by atoms with van der Waals surface area (Å²) in [4.78, 5) is -0.238. The maximum Gasteiger partial charge on any atom is 0.332 e. The summed E-state index contributed by atoms with van der Waals surface area (Å²) in [6.07, 6.45) is 5.55. The molecule has 0 atom stereocenters. The first-order chi connectivity index (χ1) is 7.71. The summed E-state index contributed by atoms with van der Waals surface area (Å²) >= 11 is 2.02. The Morgan fingerprint density at radius 3 is 2.18 bits per heavy atom. The van der Waals surface area contributed by atoms with Crippen LogP contribution in [0.3, 0.4) is 0 Å². The molecule has 0 N–H and O–H groups in total. The number of halogens is 2. The normalized spacial score (nSPS) is 11.3. The molecule has 0 bridgehead atoms. The third-order valence-electron chi connectivity index (χ3n) is 2.77. The van der Waals surface area contributed by atoms with Gasteiger partial charge in [0.1, 0.15) is 4.90 Å². The van der Waals surface area contributed by atoms with E-state index in [0.29, 0.717) is 17.5 Å². The highest BCUT2D eigenvalue weighted by atomic mass is 127. The second kappa shape index (κ2) is 4.94. The Morgan fingerprint density at radius 1 is 1.24 bits per heavy atom. The molecule has 0 aliphatic heterocycles. The largest absolute Gasteiger partial charge is 0.332 e. The molecule has 0 aliphatic carbocycles. The summed E-state index contributed by atoms with van der Waals surface area (Å²) < 4.78 is 36.4. The summed E-state index contributed by atoms with van der Waals surface area (Å²) in [5, 5.41) is 0. The monoisotopic (exact) mass is 366 g/mol. The van der Waals surface area contributed by atoms with Crippen LogP contribution in [0.4, 0.5) is 3.89 Å². The predicted molar refractivity (Wildman–Crippen MR) is 74.2 cm³/mol. The SMILES string of the molecule is C#CCc1c(C)c(I)c(C)c(S(=O)(=O)F)c1C. The van der Waals surface area contributed by atoms with Gasteiger partial charge in [-0.1, -0.05) is 0 Å². The molecule has 0 saturated heterocycles. The van der Waals surface area contributed by atoms with Crippen molar-refractivity contribution in [3.8, 4) is 12.3 Å². The Kier molecular flexibility index (Phi) is 4.20. The summed E-state index contributed by atoms with van der Waals surface area (Å²) in [5.41, 5.74) is 2.51. The molecule has 0 spiro atoms. The summed E-state index contributed by atoms with van der Waals surface area (Å²) in [6.45, 7) is 5.06. The molecule has 1 aromatic carbocycles. The van der Waals surface area contributed by atoms with Gasteiger partial charge in [0, 0.05) is 9.99 Å². The maximum atomic E-state index is 13.3. The van der Waals surface area contributed by atoms with E-state index in [2.05, 4.69) is 5.92 Å². The van der Waals surface area contributed by atoms with Crippen LogP contribution in [0.2, 0.25) is 0 Å². The molecule has 0 radical (unpaired) electrons. The Bertz CT molecular complexity index is 613. The Balaban J connectivity index is 3.82. The zero-order chi connectivity index (χ0) is 13.4. The Morgan fingerprint density at radius 2 is 1.76 bits per heavy atom. The van der Waals surface area contributed by atoms with Crippen molar-refractivity contribution in [2.24, 2.45) is 0 Å². The molecule has 17 heavy (non-hydrogen) atoms. The van der Waals surface area contributed by atoms with Crippen LogP contribution in [-0.2, 0) is 16.6 Å². The summed E-state index contributed by atoms with van der Waals surface area (Å²) in [5.74, 6) is 2.47. The van der Waals surface area contributed by atoms with Gasteiger partial charge in [0.05, 0.1) is 0 Å². The molecule has 92 valence electrons. The van der Waals surface area contributed by atoms with Crippen LogP contribution in [0, 0.1) is 36.7 Å². The first-order valence-corrected chi connectivity index (χ1v) is 7.34. The molecule has 0 unspecified atom stereocenters. The molecular formula is C12H12FIO2S. The lowest BCUT2D eigenvalue weighted by molar-refractivity contribution is 0.550. The van der Waals surface area contributed by atoms with E-state index in [4.69, 9.17) is 6.42 Å². The van der Waals surface area contributed by atoms with Crippen molar-refractivity contribution in [3.63, 3.8) is 0 Å². The minimum Gasteiger partial charge on any atom is -0.189 e. The van der Waals surface area contributed by atoms with Gasteiger partial charge in [-0.25, -0.2) is 0 Å². The minimum atomic E-state index is -4.72. The number of hydrogen-bond acceptors (Lipinski definition) is 2. The van der Waals surface area contributed by atoms with Crippen molar-refractivity contribution >= 4 is 32.8 Å². The van der Waals surface area contributed by atoms with Crippen LogP contribution >= 0.6 is 22.6 Å². The second-order valence-electron chi connectivity index (χ2n) is 3.82. The zero-order valence-electron chi connectivity index (χ0n) is 9.77. The first-order valence-electron chi connectivity index (χ1n) is 4.88. The average Bonchev–Trinajstić information content (AvgIpc) is 2.19. The molecule has 1 aromatic rings. The predicted octanol–water partition coefficient (Wildman–Crippen LogP) is 3.05. The molecule has 5 heteroatoms. The number of rotatable bonds is 2. The van der Waals surface area contributed by atoms with E-state index < -0.39 is 10.2 Å².